The van der Waals surface area contributed by atoms with E-state index in [1.807, 2.05) is 42.5 Å². The highest BCUT2D eigenvalue weighted by Crippen LogP contribution is 2.25. The largest absolute Gasteiger partial charge is 0.342 e. The molecule has 0 bridgehead atoms. The summed E-state index contributed by atoms with van der Waals surface area (Å²) in [6, 6.07) is 18.1. The second-order valence-electron chi connectivity index (χ2n) is 6.40. The number of hydrogen-bond acceptors (Lipinski definition) is 3. The van der Waals surface area contributed by atoms with Gasteiger partial charge in [-0.2, -0.15) is 0 Å². The summed E-state index contributed by atoms with van der Waals surface area (Å²) < 4.78 is 1.72. The van der Waals surface area contributed by atoms with Crippen molar-refractivity contribution in [3.8, 4) is 0 Å². The van der Waals surface area contributed by atoms with E-state index in [1.54, 1.807) is 4.57 Å². The number of para-hydroxylation sites is 2. The molecule has 0 aliphatic carbocycles. The number of aryl methyl sites for hydroxylation is 1. The molecule has 2 heterocycles. The van der Waals surface area contributed by atoms with Gasteiger partial charge in [-0.3, -0.25) is 0 Å². The van der Waals surface area contributed by atoms with Gasteiger partial charge in [-0.15, -0.1) is 0 Å². The van der Waals surface area contributed by atoms with Gasteiger partial charge in [0.25, 0.3) is 0 Å². The van der Waals surface area contributed by atoms with Gasteiger partial charge in [-0.1, -0.05) is 42.5 Å². The number of rotatable bonds is 5. The highest BCUT2D eigenvalue weighted by molar-refractivity contribution is 5.93. The molecule has 0 unspecified atom stereocenters. The molecule has 0 saturated carbocycles. The number of nitrogens with one attached hydrogen (secondary N) is 1. The van der Waals surface area contributed by atoms with Gasteiger partial charge in [0.2, 0.25) is 5.95 Å². The van der Waals surface area contributed by atoms with Gasteiger partial charge < -0.3 is 10.2 Å². The average Bonchev–Trinajstić information content (AvgIpc) is 2.96. The number of carbonyl (C=O) groups is 1. The van der Waals surface area contributed by atoms with Crippen LogP contribution in [-0.4, -0.2) is 35.2 Å². The Hall–Kier alpha value is -2.82. The molecule has 0 atom stereocenters. The van der Waals surface area contributed by atoms with Crippen molar-refractivity contribution in [3.63, 3.8) is 0 Å². The molecular formula is C20H22N4O. The molecule has 4 rings (SSSR count). The van der Waals surface area contributed by atoms with Crippen molar-refractivity contribution in [2.24, 2.45) is 0 Å². The monoisotopic (exact) mass is 334 g/mol. The molecule has 1 N–H and O–H groups in total. The summed E-state index contributed by atoms with van der Waals surface area (Å²) in [5.41, 5.74) is 3.03. The van der Waals surface area contributed by atoms with E-state index in [0.29, 0.717) is 6.54 Å². The number of aromatic nitrogens is 2. The lowest BCUT2D eigenvalue weighted by atomic mass is 10.1. The van der Waals surface area contributed by atoms with Crippen LogP contribution in [0.15, 0.2) is 54.6 Å². The van der Waals surface area contributed by atoms with Gasteiger partial charge in [0, 0.05) is 19.6 Å². The van der Waals surface area contributed by atoms with Crippen molar-refractivity contribution in [3.05, 3.63) is 60.2 Å². The summed E-state index contributed by atoms with van der Waals surface area (Å²) in [7, 11) is 0. The molecule has 1 aliphatic rings. The smallest absolute Gasteiger partial charge is 0.328 e. The van der Waals surface area contributed by atoms with Crippen molar-refractivity contribution in [2.45, 2.75) is 19.3 Å². The molecular weight excluding hydrogens is 312 g/mol. The van der Waals surface area contributed by atoms with E-state index in [9.17, 15) is 4.79 Å². The predicted molar refractivity (Wildman–Crippen MR) is 100 cm³/mol. The van der Waals surface area contributed by atoms with E-state index in [1.165, 1.54) is 5.56 Å². The number of fused-ring (bicyclic) bond motifs is 1. The van der Waals surface area contributed by atoms with Crippen LogP contribution in [0.4, 0.5) is 10.7 Å². The van der Waals surface area contributed by atoms with Gasteiger partial charge in [-0.25, -0.2) is 14.3 Å². The maximum absolute atomic E-state index is 12.8. The van der Waals surface area contributed by atoms with Crippen LogP contribution < -0.4 is 10.2 Å². The zero-order chi connectivity index (χ0) is 17.1. The summed E-state index contributed by atoms with van der Waals surface area (Å²) in [6.45, 7) is 2.58. The summed E-state index contributed by atoms with van der Waals surface area (Å²) in [6.07, 6.45) is 3.04. The van der Waals surface area contributed by atoms with Crippen molar-refractivity contribution in [1.82, 2.24) is 14.9 Å². The molecule has 3 aromatic rings. The molecule has 1 aromatic heterocycles. The maximum Gasteiger partial charge on any atom is 0.328 e. The van der Waals surface area contributed by atoms with E-state index in [-0.39, 0.29) is 6.03 Å². The molecule has 1 aliphatic heterocycles. The zero-order valence-corrected chi connectivity index (χ0v) is 14.2. The Balaban J connectivity index is 1.46. The minimum atomic E-state index is -0.0938. The fraction of sp³-hybridized carbons (Fsp3) is 0.300. The van der Waals surface area contributed by atoms with Gasteiger partial charge >= 0.3 is 6.03 Å². The first-order valence-electron chi connectivity index (χ1n) is 8.87. The van der Waals surface area contributed by atoms with Crippen LogP contribution in [0.1, 0.15) is 18.4 Å². The van der Waals surface area contributed by atoms with E-state index in [4.69, 9.17) is 0 Å². The van der Waals surface area contributed by atoms with Gasteiger partial charge in [0.05, 0.1) is 11.0 Å². The average molecular weight is 334 g/mol. The molecule has 0 spiro atoms. The SMILES string of the molecule is O=C(NCCCc1ccccc1)n1c(N2CCC2)nc2ccccc21. The lowest BCUT2D eigenvalue weighted by Gasteiger charge is -2.31. The highest BCUT2D eigenvalue weighted by atomic mass is 16.2. The van der Waals surface area contributed by atoms with Crippen LogP contribution in [0.5, 0.6) is 0 Å². The van der Waals surface area contributed by atoms with Crippen LogP contribution >= 0.6 is 0 Å². The second kappa shape index (κ2) is 6.97. The third-order valence-corrected chi connectivity index (χ3v) is 4.65. The Morgan fingerprint density at radius 1 is 1.04 bits per heavy atom. The van der Waals surface area contributed by atoms with E-state index in [0.717, 1.165) is 49.3 Å². The molecule has 1 amide bonds. The highest BCUT2D eigenvalue weighted by Gasteiger charge is 2.24. The van der Waals surface area contributed by atoms with Crippen molar-refractivity contribution in [1.29, 1.82) is 0 Å². The number of benzene rings is 2. The summed E-state index contributed by atoms with van der Waals surface area (Å²) >= 11 is 0. The Labute approximate surface area is 147 Å². The van der Waals surface area contributed by atoms with E-state index >= 15 is 0 Å². The number of amides is 1. The minimum Gasteiger partial charge on any atom is -0.342 e. The fourth-order valence-electron chi connectivity index (χ4n) is 3.15. The molecule has 5 nitrogen and oxygen atoms in total. The van der Waals surface area contributed by atoms with Crippen LogP contribution in [0.25, 0.3) is 11.0 Å². The van der Waals surface area contributed by atoms with Crippen molar-refractivity contribution >= 4 is 23.0 Å². The maximum atomic E-state index is 12.8. The third kappa shape index (κ3) is 3.22. The number of carbonyl (C=O) groups excluding carboxylic acids is 1. The predicted octanol–water partition coefficient (Wildman–Crippen LogP) is 3.44. The summed E-state index contributed by atoms with van der Waals surface area (Å²) in [4.78, 5) is 19.6. The summed E-state index contributed by atoms with van der Waals surface area (Å²) in [5, 5.41) is 3.05. The Bertz CT molecular complexity index is 868. The number of hydrogen-bond donors (Lipinski definition) is 1. The Morgan fingerprint density at radius 2 is 1.80 bits per heavy atom. The molecule has 0 radical (unpaired) electrons. The normalized spacial score (nSPS) is 13.7. The van der Waals surface area contributed by atoms with Crippen LogP contribution in [0, 0.1) is 0 Å². The number of nitrogens with zero attached hydrogens (tertiary/aromatic N) is 3. The van der Waals surface area contributed by atoms with Crippen LogP contribution in [0.3, 0.4) is 0 Å². The fourth-order valence-corrected chi connectivity index (χ4v) is 3.15. The van der Waals surface area contributed by atoms with E-state index in [2.05, 4.69) is 27.3 Å². The molecule has 5 heteroatoms. The molecule has 128 valence electrons. The second-order valence-corrected chi connectivity index (χ2v) is 6.40. The van der Waals surface area contributed by atoms with Crippen LogP contribution in [-0.2, 0) is 6.42 Å². The summed E-state index contributed by atoms with van der Waals surface area (Å²) in [5.74, 6) is 0.757. The standard InChI is InChI=1S/C20H22N4O/c25-20(21-13-6-10-16-8-2-1-3-9-16)24-18-12-5-4-11-17(18)22-19(24)23-14-7-15-23/h1-5,8-9,11-12H,6-7,10,13-15H2,(H,21,25). The molecule has 1 saturated heterocycles. The van der Waals surface area contributed by atoms with Gasteiger partial charge in [0.15, 0.2) is 0 Å². The third-order valence-electron chi connectivity index (χ3n) is 4.65. The first kappa shape index (κ1) is 15.7. The first-order valence-corrected chi connectivity index (χ1v) is 8.87. The molecule has 25 heavy (non-hydrogen) atoms. The Kier molecular flexibility index (Phi) is 4.37. The molecule has 2 aromatic carbocycles. The number of imidazole rings is 1. The van der Waals surface area contributed by atoms with Gasteiger partial charge in [0.1, 0.15) is 0 Å². The quantitative estimate of drug-likeness (QED) is 0.727. The zero-order valence-electron chi connectivity index (χ0n) is 14.2. The molecule has 1 fully saturated rings. The van der Waals surface area contributed by atoms with Gasteiger partial charge in [-0.05, 0) is 37.0 Å². The topological polar surface area (TPSA) is 50.2 Å². The van der Waals surface area contributed by atoms with Crippen molar-refractivity contribution in [2.75, 3.05) is 24.5 Å². The van der Waals surface area contributed by atoms with E-state index < -0.39 is 0 Å². The lowest BCUT2D eigenvalue weighted by Crippen LogP contribution is -2.41. The van der Waals surface area contributed by atoms with Crippen molar-refractivity contribution < 1.29 is 4.79 Å². The minimum absolute atomic E-state index is 0.0938. The Morgan fingerprint density at radius 3 is 2.56 bits per heavy atom. The lowest BCUT2D eigenvalue weighted by molar-refractivity contribution is 0.243. The number of anilines is 1. The van der Waals surface area contributed by atoms with Crippen LogP contribution in [0.2, 0.25) is 0 Å². The first-order chi connectivity index (χ1) is 12.3.